The summed E-state index contributed by atoms with van der Waals surface area (Å²) >= 11 is 4.07. The first-order chi connectivity index (χ1) is 7.16. The van der Waals surface area contributed by atoms with Crippen molar-refractivity contribution in [3.63, 3.8) is 0 Å². The number of thiol groups is 1. The molecule has 0 bridgehead atoms. The van der Waals surface area contributed by atoms with Gasteiger partial charge in [-0.2, -0.15) is 12.6 Å². The molecule has 1 aliphatic rings. The number of aliphatic hydroxyl groups is 1. The summed E-state index contributed by atoms with van der Waals surface area (Å²) in [5.74, 6) is 0.771. The third-order valence-electron chi connectivity index (χ3n) is 2.95. The normalized spacial score (nSPS) is 20.0. The molecule has 0 spiro atoms. The van der Waals surface area contributed by atoms with Crippen LogP contribution < -0.4 is 0 Å². The van der Waals surface area contributed by atoms with Gasteiger partial charge in [0, 0.05) is 18.8 Å². The van der Waals surface area contributed by atoms with Gasteiger partial charge in [0.1, 0.15) is 0 Å². The Labute approximate surface area is 98.2 Å². The Balaban J connectivity index is 2.09. The second kappa shape index (κ2) is 6.74. The Bertz CT molecular complexity index is 172. The molecule has 0 aromatic rings. The number of nitrogens with zero attached hydrogens (tertiary/aromatic N) is 1. The lowest BCUT2D eigenvalue weighted by Gasteiger charge is -2.28. The summed E-state index contributed by atoms with van der Waals surface area (Å²) < 4.78 is 5.35. The molecule has 90 valence electrons. The molecule has 0 heterocycles. The summed E-state index contributed by atoms with van der Waals surface area (Å²) in [5, 5.41) is 10.2. The van der Waals surface area contributed by atoms with Gasteiger partial charge in [0.05, 0.1) is 18.8 Å². The van der Waals surface area contributed by atoms with Crippen LogP contribution in [-0.2, 0) is 4.74 Å². The molecule has 0 aromatic heterocycles. The smallest absolute Gasteiger partial charge is 0.0774 e. The van der Waals surface area contributed by atoms with E-state index in [0.29, 0.717) is 6.61 Å². The molecular formula is C11H23NO2S. The van der Waals surface area contributed by atoms with E-state index < -0.39 is 5.60 Å². The van der Waals surface area contributed by atoms with Gasteiger partial charge in [-0.05, 0) is 19.9 Å². The molecule has 1 saturated carbocycles. The van der Waals surface area contributed by atoms with Crippen molar-refractivity contribution in [3.05, 3.63) is 0 Å². The van der Waals surface area contributed by atoms with Gasteiger partial charge in [-0.25, -0.2) is 0 Å². The van der Waals surface area contributed by atoms with E-state index in [1.54, 1.807) is 0 Å². The largest absolute Gasteiger partial charge is 0.389 e. The van der Waals surface area contributed by atoms with Crippen LogP contribution in [0.5, 0.6) is 0 Å². The standard InChI is InChI=1S/C11H23NO2S/c1-12(6-7-14-8-9-15)10-11(13)4-2-3-5-11/h13,15H,2-10H2,1H3. The van der Waals surface area contributed by atoms with Gasteiger partial charge in [0.25, 0.3) is 0 Å². The van der Waals surface area contributed by atoms with E-state index in [1.807, 2.05) is 7.05 Å². The fourth-order valence-corrected chi connectivity index (χ4v) is 2.29. The van der Waals surface area contributed by atoms with Crippen molar-refractivity contribution in [2.75, 3.05) is 39.1 Å². The number of hydrogen-bond donors (Lipinski definition) is 2. The zero-order valence-electron chi connectivity index (χ0n) is 9.61. The highest BCUT2D eigenvalue weighted by Gasteiger charge is 2.31. The molecule has 0 aromatic carbocycles. The van der Waals surface area contributed by atoms with Crippen LogP contribution in [0.25, 0.3) is 0 Å². The van der Waals surface area contributed by atoms with Crippen LogP contribution in [0.4, 0.5) is 0 Å². The lowest BCUT2D eigenvalue weighted by atomic mass is 10.0. The maximum Gasteiger partial charge on any atom is 0.0774 e. The average Bonchev–Trinajstić information content (AvgIpc) is 2.59. The SMILES string of the molecule is CN(CCOCCS)CC1(O)CCCC1. The van der Waals surface area contributed by atoms with Crippen molar-refractivity contribution >= 4 is 12.6 Å². The van der Waals surface area contributed by atoms with E-state index in [0.717, 1.165) is 38.3 Å². The highest BCUT2D eigenvalue weighted by Crippen LogP contribution is 2.29. The Morgan fingerprint density at radius 2 is 2.00 bits per heavy atom. The van der Waals surface area contributed by atoms with Gasteiger partial charge in [-0.15, -0.1) is 0 Å². The Kier molecular flexibility index (Phi) is 5.97. The molecule has 0 amide bonds. The summed E-state index contributed by atoms with van der Waals surface area (Å²) in [7, 11) is 2.04. The second-order valence-electron chi connectivity index (χ2n) is 4.51. The fourth-order valence-electron chi connectivity index (χ4n) is 2.16. The summed E-state index contributed by atoms with van der Waals surface area (Å²) in [4.78, 5) is 2.16. The van der Waals surface area contributed by atoms with Gasteiger partial charge >= 0.3 is 0 Å². The molecule has 15 heavy (non-hydrogen) atoms. The van der Waals surface area contributed by atoms with Gasteiger partial charge in [0.2, 0.25) is 0 Å². The number of hydrogen-bond acceptors (Lipinski definition) is 4. The van der Waals surface area contributed by atoms with Crippen molar-refractivity contribution in [1.29, 1.82) is 0 Å². The first-order valence-corrected chi connectivity index (χ1v) is 6.39. The van der Waals surface area contributed by atoms with E-state index in [1.165, 1.54) is 12.8 Å². The van der Waals surface area contributed by atoms with E-state index in [9.17, 15) is 5.11 Å². The average molecular weight is 233 g/mol. The highest BCUT2D eigenvalue weighted by atomic mass is 32.1. The quantitative estimate of drug-likeness (QED) is 0.511. The van der Waals surface area contributed by atoms with Gasteiger partial charge < -0.3 is 14.7 Å². The van der Waals surface area contributed by atoms with Gasteiger partial charge in [0.15, 0.2) is 0 Å². The Hall–Kier alpha value is 0.230. The molecule has 3 nitrogen and oxygen atoms in total. The van der Waals surface area contributed by atoms with E-state index in [4.69, 9.17) is 4.74 Å². The number of ether oxygens (including phenoxy) is 1. The summed E-state index contributed by atoms with van der Waals surface area (Å²) in [5.41, 5.74) is -0.432. The van der Waals surface area contributed by atoms with Crippen molar-refractivity contribution in [2.45, 2.75) is 31.3 Å². The predicted molar refractivity (Wildman–Crippen MR) is 65.6 cm³/mol. The summed E-state index contributed by atoms with van der Waals surface area (Å²) in [6.45, 7) is 3.10. The van der Waals surface area contributed by atoms with Gasteiger partial charge in [-0.3, -0.25) is 0 Å². The van der Waals surface area contributed by atoms with Crippen LogP contribution in [0.1, 0.15) is 25.7 Å². The minimum atomic E-state index is -0.432. The molecule has 1 fully saturated rings. The molecule has 1 rings (SSSR count). The first-order valence-electron chi connectivity index (χ1n) is 5.76. The molecule has 1 N–H and O–H groups in total. The van der Waals surface area contributed by atoms with Crippen molar-refractivity contribution < 1.29 is 9.84 Å². The number of likely N-dealkylation sites (N-methyl/N-ethyl adjacent to an activating group) is 1. The number of rotatable bonds is 7. The van der Waals surface area contributed by atoms with E-state index >= 15 is 0 Å². The molecular weight excluding hydrogens is 210 g/mol. The maximum absolute atomic E-state index is 10.2. The monoisotopic (exact) mass is 233 g/mol. The fraction of sp³-hybridized carbons (Fsp3) is 1.00. The van der Waals surface area contributed by atoms with Crippen molar-refractivity contribution in [3.8, 4) is 0 Å². The third kappa shape index (κ3) is 5.20. The maximum atomic E-state index is 10.2. The minimum absolute atomic E-state index is 0.432. The van der Waals surface area contributed by atoms with Crippen LogP contribution in [0.2, 0.25) is 0 Å². The third-order valence-corrected chi connectivity index (χ3v) is 3.13. The topological polar surface area (TPSA) is 32.7 Å². The van der Waals surface area contributed by atoms with Crippen LogP contribution in [0.15, 0.2) is 0 Å². The molecule has 1 aliphatic carbocycles. The van der Waals surface area contributed by atoms with E-state index in [2.05, 4.69) is 17.5 Å². The highest BCUT2D eigenvalue weighted by molar-refractivity contribution is 7.80. The molecule has 0 saturated heterocycles. The Morgan fingerprint density at radius 3 is 2.60 bits per heavy atom. The molecule has 4 heteroatoms. The molecule has 0 radical (unpaired) electrons. The lowest BCUT2D eigenvalue weighted by Crippen LogP contribution is -2.40. The molecule has 0 aliphatic heterocycles. The van der Waals surface area contributed by atoms with E-state index in [-0.39, 0.29) is 0 Å². The second-order valence-corrected chi connectivity index (χ2v) is 4.95. The lowest BCUT2D eigenvalue weighted by molar-refractivity contribution is 0.00922. The molecule has 0 atom stereocenters. The van der Waals surface area contributed by atoms with Crippen LogP contribution >= 0.6 is 12.6 Å². The Morgan fingerprint density at radius 1 is 1.33 bits per heavy atom. The first kappa shape index (κ1) is 13.3. The van der Waals surface area contributed by atoms with Gasteiger partial charge in [-0.1, -0.05) is 12.8 Å². The summed E-state index contributed by atoms with van der Waals surface area (Å²) in [6, 6.07) is 0. The van der Waals surface area contributed by atoms with Crippen LogP contribution in [0, 0.1) is 0 Å². The van der Waals surface area contributed by atoms with Crippen LogP contribution in [-0.4, -0.2) is 54.7 Å². The van der Waals surface area contributed by atoms with Crippen LogP contribution in [0.3, 0.4) is 0 Å². The minimum Gasteiger partial charge on any atom is -0.389 e. The zero-order valence-corrected chi connectivity index (χ0v) is 10.5. The predicted octanol–water partition coefficient (Wildman–Crippen LogP) is 1.17. The van der Waals surface area contributed by atoms with Crippen molar-refractivity contribution in [1.82, 2.24) is 4.90 Å². The summed E-state index contributed by atoms with van der Waals surface area (Å²) in [6.07, 6.45) is 4.24. The van der Waals surface area contributed by atoms with Crippen molar-refractivity contribution in [2.24, 2.45) is 0 Å². The zero-order chi connectivity index (χ0) is 11.1. The molecule has 0 unspecified atom stereocenters.